The number of fused-ring (bicyclic) bond motifs is 2. The minimum atomic E-state index is -0.730. The Morgan fingerprint density at radius 2 is 1.79 bits per heavy atom. The van der Waals surface area contributed by atoms with E-state index in [2.05, 4.69) is 32.0 Å². The lowest BCUT2D eigenvalue weighted by Gasteiger charge is -2.31. The van der Waals surface area contributed by atoms with E-state index in [-0.39, 0.29) is 47.2 Å². The van der Waals surface area contributed by atoms with Crippen LogP contribution in [0.25, 0.3) is 21.9 Å². The van der Waals surface area contributed by atoms with E-state index >= 15 is 0 Å². The van der Waals surface area contributed by atoms with Gasteiger partial charge in [-0.3, -0.25) is 38.5 Å². The van der Waals surface area contributed by atoms with E-state index < -0.39 is 23.3 Å². The first-order valence-corrected chi connectivity index (χ1v) is 19.1. The Bertz CT molecular complexity index is 2260. The molecule has 53 heavy (non-hydrogen) atoms. The van der Waals surface area contributed by atoms with Crippen molar-refractivity contribution in [2.24, 2.45) is 13.0 Å². The quantitative estimate of drug-likeness (QED) is 0.205. The van der Waals surface area contributed by atoms with Gasteiger partial charge in [0, 0.05) is 69.5 Å². The number of aryl methyl sites for hydroxylation is 1. The zero-order chi connectivity index (χ0) is 37.2. The number of halogens is 1. The number of hydrogen-bond acceptors (Lipinski definition) is 9. The number of nitrogens with one attached hydrogen (secondary N) is 2. The summed E-state index contributed by atoms with van der Waals surface area (Å²) in [5, 5.41) is 2.62. The van der Waals surface area contributed by atoms with Gasteiger partial charge in [-0.05, 0) is 56.2 Å². The molecule has 0 bridgehead atoms. The Morgan fingerprint density at radius 3 is 2.53 bits per heavy atom. The van der Waals surface area contributed by atoms with Crippen molar-refractivity contribution in [3.05, 3.63) is 68.4 Å². The van der Waals surface area contributed by atoms with Crippen LogP contribution in [0.4, 0.5) is 4.39 Å². The molecule has 3 saturated heterocycles. The van der Waals surface area contributed by atoms with E-state index in [9.17, 15) is 28.4 Å². The number of ether oxygens (including phenoxy) is 1. The van der Waals surface area contributed by atoms with Crippen molar-refractivity contribution < 1.29 is 23.5 Å². The number of carbonyl (C=O) groups is 3. The topological polar surface area (TPSA) is 152 Å². The number of piperidine rings is 3. The van der Waals surface area contributed by atoms with Gasteiger partial charge >= 0.3 is 5.69 Å². The highest BCUT2D eigenvalue weighted by Gasteiger charge is 2.31. The maximum Gasteiger partial charge on any atom is 0.329 e. The number of likely N-dealkylation sites (tertiary alicyclic amines) is 2. The summed E-state index contributed by atoms with van der Waals surface area (Å²) in [6.45, 7) is 5.70. The Morgan fingerprint density at radius 1 is 1.02 bits per heavy atom. The molecule has 5 heterocycles. The highest BCUT2D eigenvalue weighted by molar-refractivity contribution is 7.99. The second kappa shape index (κ2) is 15.6. The van der Waals surface area contributed by atoms with Gasteiger partial charge in [-0.15, -0.1) is 0 Å². The highest BCUT2D eigenvalue weighted by atomic mass is 32.2. The molecule has 15 heteroatoms. The number of aromatic amines is 1. The molecule has 0 saturated carbocycles. The van der Waals surface area contributed by atoms with Crippen molar-refractivity contribution in [2.45, 2.75) is 62.5 Å². The van der Waals surface area contributed by atoms with Crippen molar-refractivity contribution in [2.75, 3.05) is 39.3 Å². The minimum Gasteiger partial charge on any atom is -0.493 e. The summed E-state index contributed by atoms with van der Waals surface area (Å²) in [6.07, 6.45) is 4.02. The van der Waals surface area contributed by atoms with Gasteiger partial charge in [0.15, 0.2) is 0 Å². The molecule has 0 spiro atoms. The molecule has 3 aliphatic heterocycles. The SMILES string of the molecule is CC(=O)N1CCC(COc2cc(F)c3c(=O)[nH]c(CSC4CCN(CC#Cc5ccc6c(c5)n(C)c(=O)n6C5CCC(=O)NC5=O)CC4)nc3c2)CC1. The summed E-state index contributed by atoms with van der Waals surface area (Å²) in [5.74, 6) is 6.69. The van der Waals surface area contributed by atoms with E-state index in [1.807, 2.05) is 17.0 Å². The van der Waals surface area contributed by atoms with E-state index in [0.29, 0.717) is 59.9 Å². The van der Waals surface area contributed by atoms with Crippen LogP contribution in [0, 0.1) is 23.6 Å². The third kappa shape index (κ3) is 8.03. The molecule has 3 fully saturated rings. The van der Waals surface area contributed by atoms with Gasteiger partial charge in [0.2, 0.25) is 17.7 Å². The molecule has 2 N–H and O–H groups in total. The number of amides is 3. The summed E-state index contributed by atoms with van der Waals surface area (Å²) in [7, 11) is 1.66. The molecule has 3 amide bonds. The zero-order valence-corrected chi connectivity index (χ0v) is 30.6. The van der Waals surface area contributed by atoms with Crippen LogP contribution in [-0.2, 0) is 27.2 Å². The highest BCUT2D eigenvalue weighted by Crippen LogP contribution is 2.28. The van der Waals surface area contributed by atoms with Crippen molar-refractivity contribution >= 4 is 51.4 Å². The van der Waals surface area contributed by atoms with Crippen LogP contribution < -0.4 is 21.3 Å². The smallest absolute Gasteiger partial charge is 0.329 e. The summed E-state index contributed by atoms with van der Waals surface area (Å²) in [4.78, 5) is 73.0. The second-order valence-corrected chi connectivity index (χ2v) is 15.3. The Labute approximate surface area is 309 Å². The molecule has 4 aromatic rings. The lowest BCUT2D eigenvalue weighted by atomic mass is 9.98. The van der Waals surface area contributed by atoms with Gasteiger partial charge in [0.1, 0.15) is 28.8 Å². The summed E-state index contributed by atoms with van der Waals surface area (Å²) >= 11 is 1.73. The standard InChI is InChI=1S/C38H42FN7O6S/c1-23(47)45-16-9-25(10-17-45)21-52-26-19-28(39)35-29(20-26)40-33(41-37(35)50)22-53-27-11-14-44(15-12-27)13-3-4-24-5-6-30-32(18-24)43(2)38(51)46(30)31-7-8-34(48)42-36(31)49/h5-6,18-20,25,27,31H,7-17,21-22H2,1-2H3,(H,40,41,50)(H,42,48,49). The minimum absolute atomic E-state index is 0.0738. The van der Waals surface area contributed by atoms with E-state index in [4.69, 9.17) is 4.74 Å². The average Bonchev–Trinajstić information content (AvgIpc) is 3.38. The van der Waals surface area contributed by atoms with Crippen LogP contribution >= 0.6 is 11.8 Å². The first-order chi connectivity index (χ1) is 25.5. The molecule has 1 unspecified atom stereocenters. The Hall–Kier alpha value is -4.94. The van der Waals surface area contributed by atoms with E-state index in [1.54, 1.807) is 37.9 Å². The number of benzene rings is 2. The largest absolute Gasteiger partial charge is 0.493 e. The van der Waals surface area contributed by atoms with Gasteiger partial charge in [-0.25, -0.2) is 14.2 Å². The normalized spacial score (nSPS) is 19.0. The fourth-order valence-electron chi connectivity index (χ4n) is 7.38. The summed E-state index contributed by atoms with van der Waals surface area (Å²) in [5.41, 5.74) is 1.51. The number of imidazole rings is 1. The molecular weight excluding hydrogens is 702 g/mol. The maximum absolute atomic E-state index is 15.0. The van der Waals surface area contributed by atoms with Crippen molar-refractivity contribution in [1.29, 1.82) is 0 Å². The van der Waals surface area contributed by atoms with E-state index in [1.165, 1.54) is 15.2 Å². The zero-order valence-electron chi connectivity index (χ0n) is 29.8. The second-order valence-electron chi connectivity index (χ2n) is 14.0. The summed E-state index contributed by atoms with van der Waals surface area (Å²) in [6, 6.07) is 7.63. The number of hydrogen-bond donors (Lipinski definition) is 2. The monoisotopic (exact) mass is 743 g/mol. The van der Waals surface area contributed by atoms with Crippen LogP contribution in [0.2, 0.25) is 0 Å². The predicted octanol–water partition coefficient (Wildman–Crippen LogP) is 3.08. The first kappa shape index (κ1) is 36.4. The average molecular weight is 744 g/mol. The lowest BCUT2D eigenvalue weighted by molar-refractivity contribution is -0.136. The molecule has 13 nitrogen and oxygen atoms in total. The predicted molar refractivity (Wildman–Crippen MR) is 199 cm³/mol. The fraction of sp³-hybridized carbons (Fsp3) is 0.474. The van der Waals surface area contributed by atoms with E-state index in [0.717, 1.165) is 44.3 Å². The van der Waals surface area contributed by atoms with Crippen molar-refractivity contribution in [3.8, 4) is 17.6 Å². The molecule has 2 aromatic heterocycles. The number of aromatic nitrogens is 4. The molecule has 0 radical (unpaired) electrons. The third-order valence-corrected chi connectivity index (χ3v) is 11.8. The molecule has 0 aliphatic carbocycles. The van der Waals surface area contributed by atoms with Gasteiger partial charge in [0.05, 0.1) is 35.5 Å². The Kier molecular flexibility index (Phi) is 10.7. The molecule has 3 aliphatic rings. The maximum atomic E-state index is 15.0. The molecular formula is C38H42FN7O6S. The molecule has 7 rings (SSSR count). The number of carbonyl (C=O) groups excluding carboxylic acids is 3. The van der Waals surface area contributed by atoms with Crippen LogP contribution in [0.15, 0.2) is 39.9 Å². The van der Waals surface area contributed by atoms with Crippen LogP contribution in [0.5, 0.6) is 5.75 Å². The van der Waals surface area contributed by atoms with Gasteiger partial charge in [-0.1, -0.05) is 11.8 Å². The van der Waals surface area contributed by atoms with Crippen LogP contribution in [0.3, 0.4) is 0 Å². The number of thioether (sulfide) groups is 1. The first-order valence-electron chi connectivity index (χ1n) is 18.0. The Balaban J connectivity index is 0.910. The van der Waals surface area contributed by atoms with Gasteiger partial charge in [0.25, 0.3) is 5.56 Å². The third-order valence-electron chi connectivity index (χ3n) is 10.5. The molecule has 278 valence electrons. The molecule has 2 aromatic carbocycles. The molecule has 1 atom stereocenters. The van der Waals surface area contributed by atoms with Crippen LogP contribution in [0.1, 0.15) is 62.9 Å². The van der Waals surface area contributed by atoms with Gasteiger partial charge < -0.3 is 14.6 Å². The number of H-pyrrole nitrogens is 1. The number of rotatable bonds is 8. The summed E-state index contributed by atoms with van der Waals surface area (Å²) < 4.78 is 23.9. The number of nitrogens with zero attached hydrogens (tertiary/aromatic N) is 5. The van der Waals surface area contributed by atoms with Crippen molar-refractivity contribution in [1.82, 2.24) is 34.2 Å². The lowest BCUT2D eigenvalue weighted by Crippen LogP contribution is -2.44. The van der Waals surface area contributed by atoms with Crippen molar-refractivity contribution in [3.63, 3.8) is 0 Å². The fourth-order valence-corrected chi connectivity index (χ4v) is 8.46. The van der Waals surface area contributed by atoms with Gasteiger partial charge in [-0.2, -0.15) is 11.8 Å². The van der Waals surface area contributed by atoms with Crippen LogP contribution in [-0.4, -0.2) is 91.2 Å². The number of imide groups is 1.